The molecule has 5 nitrogen and oxygen atoms in total. The van der Waals surface area contributed by atoms with Crippen LogP contribution < -0.4 is 4.90 Å². The molecule has 0 bridgehead atoms. The van der Waals surface area contributed by atoms with Gasteiger partial charge in [0.1, 0.15) is 5.82 Å². The molecule has 1 unspecified atom stereocenters. The molecule has 1 fully saturated rings. The molecule has 108 valence electrons. The van der Waals surface area contributed by atoms with E-state index in [1.54, 1.807) is 28.5 Å². The van der Waals surface area contributed by atoms with Crippen LogP contribution in [0.3, 0.4) is 0 Å². The van der Waals surface area contributed by atoms with Crippen LogP contribution in [-0.2, 0) is 0 Å². The number of anilines is 1. The van der Waals surface area contributed by atoms with Crippen LogP contribution in [0.25, 0.3) is 5.65 Å². The smallest absolute Gasteiger partial charge is 0.355 e. The zero-order valence-corrected chi connectivity index (χ0v) is 10.9. The van der Waals surface area contributed by atoms with E-state index in [0.29, 0.717) is 30.3 Å². The van der Waals surface area contributed by atoms with Gasteiger partial charge in [-0.15, -0.1) is 15.3 Å². The van der Waals surface area contributed by atoms with Crippen molar-refractivity contribution in [2.45, 2.75) is 25.9 Å². The first-order chi connectivity index (χ1) is 9.45. The summed E-state index contributed by atoms with van der Waals surface area (Å²) in [4.78, 5) is 1.68. The fourth-order valence-electron chi connectivity index (χ4n) is 2.51. The van der Waals surface area contributed by atoms with Crippen LogP contribution in [0.4, 0.5) is 19.0 Å². The highest BCUT2D eigenvalue weighted by atomic mass is 19.4. The molecule has 1 atom stereocenters. The molecule has 1 aliphatic heterocycles. The predicted molar refractivity (Wildman–Crippen MR) is 66.5 cm³/mol. The van der Waals surface area contributed by atoms with Gasteiger partial charge in [-0.3, -0.25) is 0 Å². The van der Waals surface area contributed by atoms with Gasteiger partial charge in [0.05, 0.1) is 5.92 Å². The Balaban J connectivity index is 1.88. The number of nitrogens with zero attached hydrogens (tertiary/aromatic N) is 5. The maximum atomic E-state index is 12.8. The summed E-state index contributed by atoms with van der Waals surface area (Å²) in [5, 5.41) is 12.1. The van der Waals surface area contributed by atoms with Gasteiger partial charge in [-0.1, -0.05) is 0 Å². The fraction of sp³-hybridized carbons (Fsp3) is 0.583. The molecule has 0 aromatic carbocycles. The SMILES string of the molecule is Cc1nnc2ccc(N3CCCC(C(F)(F)F)C3)nn12. The molecule has 0 saturated carbocycles. The van der Waals surface area contributed by atoms with Gasteiger partial charge in [-0.2, -0.15) is 17.7 Å². The monoisotopic (exact) mass is 285 g/mol. The van der Waals surface area contributed by atoms with Crippen molar-refractivity contribution in [3.8, 4) is 0 Å². The minimum Gasteiger partial charge on any atom is -0.355 e. The van der Waals surface area contributed by atoms with E-state index in [1.165, 1.54) is 0 Å². The van der Waals surface area contributed by atoms with Gasteiger partial charge in [0.2, 0.25) is 0 Å². The Kier molecular flexibility index (Phi) is 3.02. The van der Waals surface area contributed by atoms with Crippen LogP contribution in [0, 0.1) is 12.8 Å². The van der Waals surface area contributed by atoms with Crippen LogP contribution in [-0.4, -0.2) is 39.1 Å². The third-order valence-corrected chi connectivity index (χ3v) is 3.61. The second kappa shape index (κ2) is 4.60. The van der Waals surface area contributed by atoms with Gasteiger partial charge in [-0.05, 0) is 31.9 Å². The van der Waals surface area contributed by atoms with Gasteiger partial charge in [-0.25, -0.2) is 0 Å². The summed E-state index contributed by atoms with van der Waals surface area (Å²) in [6.45, 7) is 2.31. The van der Waals surface area contributed by atoms with Crippen LogP contribution in [0.5, 0.6) is 0 Å². The third-order valence-electron chi connectivity index (χ3n) is 3.61. The Morgan fingerprint density at radius 2 is 2.05 bits per heavy atom. The van der Waals surface area contributed by atoms with Crippen molar-refractivity contribution < 1.29 is 13.2 Å². The first-order valence-corrected chi connectivity index (χ1v) is 6.46. The molecule has 3 rings (SSSR count). The Labute approximate surface area is 113 Å². The normalized spacial score (nSPS) is 20.6. The number of hydrogen-bond donors (Lipinski definition) is 0. The molecule has 8 heteroatoms. The van der Waals surface area contributed by atoms with Crippen molar-refractivity contribution in [2.75, 3.05) is 18.0 Å². The molecule has 0 radical (unpaired) electrons. The van der Waals surface area contributed by atoms with Gasteiger partial charge in [0.25, 0.3) is 0 Å². The molecule has 20 heavy (non-hydrogen) atoms. The average molecular weight is 285 g/mol. The summed E-state index contributed by atoms with van der Waals surface area (Å²) in [6.07, 6.45) is -3.44. The summed E-state index contributed by atoms with van der Waals surface area (Å²) < 4.78 is 40.0. The number of halogens is 3. The summed E-state index contributed by atoms with van der Waals surface area (Å²) in [6, 6.07) is 3.42. The molecule has 1 aliphatic rings. The van der Waals surface area contributed by atoms with E-state index in [4.69, 9.17) is 0 Å². The largest absolute Gasteiger partial charge is 0.393 e. The van der Waals surface area contributed by atoms with Gasteiger partial charge >= 0.3 is 6.18 Å². The summed E-state index contributed by atoms with van der Waals surface area (Å²) >= 11 is 0. The van der Waals surface area contributed by atoms with Crippen molar-refractivity contribution in [3.05, 3.63) is 18.0 Å². The number of piperidine rings is 1. The number of rotatable bonds is 1. The standard InChI is InChI=1S/C12H14F3N5/c1-8-16-17-10-4-5-11(18-20(8)10)19-6-2-3-9(7-19)12(13,14)15/h4-5,9H,2-3,6-7H2,1H3. The summed E-state index contributed by atoms with van der Waals surface area (Å²) in [5.41, 5.74) is 0.593. The topological polar surface area (TPSA) is 46.3 Å². The molecule has 3 heterocycles. The highest BCUT2D eigenvalue weighted by Gasteiger charge is 2.42. The van der Waals surface area contributed by atoms with Crippen molar-refractivity contribution >= 4 is 11.5 Å². The van der Waals surface area contributed by atoms with Gasteiger partial charge in [0, 0.05) is 13.1 Å². The highest BCUT2D eigenvalue weighted by molar-refractivity contribution is 5.46. The molecule has 1 saturated heterocycles. The lowest BCUT2D eigenvalue weighted by Gasteiger charge is -2.34. The zero-order valence-electron chi connectivity index (χ0n) is 10.9. The van der Waals surface area contributed by atoms with Gasteiger partial charge in [0.15, 0.2) is 11.5 Å². The average Bonchev–Trinajstić information content (AvgIpc) is 2.79. The molecular weight excluding hydrogens is 271 g/mol. The van der Waals surface area contributed by atoms with Crippen LogP contribution in [0.15, 0.2) is 12.1 Å². The number of aromatic nitrogens is 4. The molecular formula is C12H14F3N5. The first kappa shape index (κ1) is 13.1. The Bertz CT molecular complexity index is 621. The molecule has 0 aliphatic carbocycles. The summed E-state index contributed by atoms with van der Waals surface area (Å²) in [7, 11) is 0. The minimum atomic E-state index is -4.14. The fourth-order valence-corrected chi connectivity index (χ4v) is 2.51. The van der Waals surface area contributed by atoms with Crippen molar-refractivity contribution in [3.63, 3.8) is 0 Å². The lowest BCUT2D eigenvalue weighted by Crippen LogP contribution is -2.42. The van der Waals surface area contributed by atoms with Crippen LogP contribution in [0.2, 0.25) is 0 Å². The molecule has 0 amide bonds. The van der Waals surface area contributed by atoms with E-state index in [-0.39, 0.29) is 13.0 Å². The lowest BCUT2D eigenvalue weighted by molar-refractivity contribution is -0.176. The van der Waals surface area contributed by atoms with Crippen LogP contribution in [0.1, 0.15) is 18.7 Å². The van der Waals surface area contributed by atoms with E-state index in [1.807, 2.05) is 0 Å². The van der Waals surface area contributed by atoms with E-state index in [2.05, 4.69) is 15.3 Å². The molecule has 2 aromatic rings. The van der Waals surface area contributed by atoms with E-state index in [9.17, 15) is 13.2 Å². The number of alkyl halides is 3. The van der Waals surface area contributed by atoms with E-state index in [0.717, 1.165) is 0 Å². The maximum Gasteiger partial charge on any atom is 0.393 e. The molecule has 0 spiro atoms. The minimum absolute atomic E-state index is 0.0385. The lowest BCUT2D eigenvalue weighted by atomic mass is 9.97. The molecule has 0 N–H and O–H groups in total. The van der Waals surface area contributed by atoms with Crippen molar-refractivity contribution in [1.29, 1.82) is 0 Å². The van der Waals surface area contributed by atoms with Gasteiger partial charge < -0.3 is 4.90 Å². The molecule has 2 aromatic heterocycles. The van der Waals surface area contributed by atoms with E-state index < -0.39 is 12.1 Å². The van der Waals surface area contributed by atoms with E-state index >= 15 is 0 Å². The Morgan fingerprint density at radius 3 is 2.80 bits per heavy atom. The van der Waals surface area contributed by atoms with Crippen molar-refractivity contribution in [2.24, 2.45) is 5.92 Å². The van der Waals surface area contributed by atoms with Crippen LogP contribution >= 0.6 is 0 Å². The maximum absolute atomic E-state index is 12.8. The van der Waals surface area contributed by atoms with Crippen molar-refractivity contribution in [1.82, 2.24) is 19.8 Å². The zero-order chi connectivity index (χ0) is 14.3. The third kappa shape index (κ3) is 2.30. The second-order valence-electron chi connectivity index (χ2n) is 5.04. The second-order valence-corrected chi connectivity index (χ2v) is 5.04. The number of hydrogen-bond acceptors (Lipinski definition) is 4. The Morgan fingerprint density at radius 1 is 1.25 bits per heavy atom. The number of aryl methyl sites for hydroxylation is 1. The predicted octanol–water partition coefficient (Wildman–Crippen LogP) is 2.21. The summed E-state index contributed by atoms with van der Waals surface area (Å²) in [5.74, 6) is -0.128. The Hall–Kier alpha value is -1.86. The quantitative estimate of drug-likeness (QED) is 0.806. The highest BCUT2D eigenvalue weighted by Crippen LogP contribution is 2.34. The number of fused-ring (bicyclic) bond motifs is 1. The first-order valence-electron chi connectivity index (χ1n) is 6.46.